The van der Waals surface area contributed by atoms with E-state index in [-0.39, 0.29) is 23.3 Å². The van der Waals surface area contributed by atoms with Crippen LogP contribution in [0.2, 0.25) is 0 Å². The molecule has 0 saturated carbocycles. The van der Waals surface area contributed by atoms with Gasteiger partial charge < -0.3 is 14.7 Å². The van der Waals surface area contributed by atoms with E-state index in [0.717, 1.165) is 12.5 Å². The van der Waals surface area contributed by atoms with Crippen molar-refractivity contribution < 1.29 is 19.0 Å². The minimum absolute atomic E-state index is 0.00991. The lowest BCUT2D eigenvalue weighted by atomic mass is 10.1. The number of hydrogen-bond acceptors (Lipinski definition) is 3. The van der Waals surface area contributed by atoms with Crippen LogP contribution in [0.15, 0.2) is 18.2 Å². The van der Waals surface area contributed by atoms with Crippen molar-refractivity contribution >= 4 is 5.91 Å². The Balaban J connectivity index is 2.24. The Labute approximate surface area is 105 Å². The lowest BCUT2D eigenvalue weighted by Crippen LogP contribution is -2.48. The summed E-state index contributed by atoms with van der Waals surface area (Å²) < 4.78 is 18.2. The van der Waals surface area contributed by atoms with Gasteiger partial charge in [-0.25, -0.2) is 4.39 Å². The van der Waals surface area contributed by atoms with Crippen molar-refractivity contribution in [1.82, 2.24) is 4.90 Å². The first kappa shape index (κ1) is 12.8. The predicted octanol–water partition coefficient (Wildman–Crippen LogP) is 1.78. The molecule has 1 unspecified atom stereocenters. The molecule has 1 saturated heterocycles. The van der Waals surface area contributed by atoms with E-state index in [1.807, 2.05) is 6.92 Å². The van der Waals surface area contributed by atoms with Crippen LogP contribution in [0.1, 0.15) is 23.7 Å². The molecule has 1 aromatic rings. The second-order valence-electron chi connectivity index (χ2n) is 4.30. The maximum absolute atomic E-state index is 12.9. The van der Waals surface area contributed by atoms with Gasteiger partial charge in [-0.2, -0.15) is 0 Å². The fourth-order valence-electron chi connectivity index (χ4n) is 2.10. The number of amides is 1. The number of morpholine rings is 1. The summed E-state index contributed by atoms with van der Waals surface area (Å²) in [6.07, 6.45) is 0.785. The minimum atomic E-state index is -0.557. The summed E-state index contributed by atoms with van der Waals surface area (Å²) in [5, 5.41) is 9.63. The number of halogens is 1. The van der Waals surface area contributed by atoms with Crippen LogP contribution >= 0.6 is 0 Å². The van der Waals surface area contributed by atoms with Crippen LogP contribution in [0.5, 0.6) is 5.75 Å². The Morgan fingerprint density at radius 3 is 3.06 bits per heavy atom. The zero-order valence-electron chi connectivity index (χ0n) is 10.2. The van der Waals surface area contributed by atoms with Crippen molar-refractivity contribution in [2.24, 2.45) is 0 Å². The van der Waals surface area contributed by atoms with Crippen molar-refractivity contribution in [3.8, 4) is 5.75 Å². The van der Waals surface area contributed by atoms with E-state index in [1.54, 1.807) is 4.90 Å². The zero-order chi connectivity index (χ0) is 13.1. The molecule has 1 fully saturated rings. The van der Waals surface area contributed by atoms with Gasteiger partial charge in [-0.3, -0.25) is 4.79 Å². The van der Waals surface area contributed by atoms with Gasteiger partial charge in [0.1, 0.15) is 11.6 Å². The van der Waals surface area contributed by atoms with Crippen LogP contribution in [0, 0.1) is 5.82 Å². The third-order valence-corrected chi connectivity index (χ3v) is 3.15. The Bertz CT molecular complexity index is 450. The summed E-state index contributed by atoms with van der Waals surface area (Å²) >= 11 is 0. The summed E-state index contributed by atoms with van der Waals surface area (Å²) in [4.78, 5) is 14.0. The molecule has 0 radical (unpaired) electrons. The molecule has 0 aliphatic carbocycles. The summed E-state index contributed by atoms with van der Waals surface area (Å²) in [5.41, 5.74) is 0.136. The molecular weight excluding hydrogens is 237 g/mol. The molecule has 0 aromatic heterocycles. The normalized spacial score (nSPS) is 19.9. The number of ether oxygens (including phenoxy) is 1. The molecular formula is C13H16FNO3. The fourth-order valence-corrected chi connectivity index (χ4v) is 2.10. The number of aromatic hydroxyl groups is 1. The number of nitrogens with zero attached hydrogens (tertiary/aromatic N) is 1. The number of phenolic OH excluding ortho intramolecular Hbond substituents is 1. The van der Waals surface area contributed by atoms with E-state index in [1.165, 1.54) is 12.1 Å². The maximum atomic E-state index is 12.9. The van der Waals surface area contributed by atoms with Crippen LogP contribution in [-0.4, -0.2) is 41.7 Å². The number of hydrogen-bond donors (Lipinski definition) is 1. The van der Waals surface area contributed by atoms with Gasteiger partial charge in [-0.15, -0.1) is 0 Å². The minimum Gasteiger partial charge on any atom is -0.507 e. The van der Waals surface area contributed by atoms with Gasteiger partial charge in [-0.05, 0) is 18.6 Å². The summed E-state index contributed by atoms with van der Waals surface area (Å²) in [6, 6.07) is 3.45. The van der Waals surface area contributed by atoms with Gasteiger partial charge in [-0.1, -0.05) is 6.92 Å². The van der Waals surface area contributed by atoms with Gasteiger partial charge in [0.05, 0.1) is 24.8 Å². The van der Waals surface area contributed by atoms with Crippen LogP contribution in [-0.2, 0) is 4.74 Å². The zero-order valence-corrected chi connectivity index (χ0v) is 10.2. The Morgan fingerprint density at radius 1 is 1.61 bits per heavy atom. The van der Waals surface area contributed by atoms with Gasteiger partial charge in [0.2, 0.25) is 0 Å². The van der Waals surface area contributed by atoms with E-state index in [0.29, 0.717) is 19.8 Å². The van der Waals surface area contributed by atoms with Crippen molar-refractivity contribution in [2.75, 3.05) is 19.8 Å². The van der Waals surface area contributed by atoms with Gasteiger partial charge in [0.25, 0.3) is 5.91 Å². The average Bonchev–Trinajstić information content (AvgIpc) is 2.38. The molecule has 1 aliphatic rings. The maximum Gasteiger partial charge on any atom is 0.258 e. The largest absolute Gasteiger partial charge is 0.507 e. The van der Waals surface area contributed by atoms with E-state index < -0.39 is 5.82 Å². The lowest BCUT2D eigenvalue weighted by Gasteiger charge is -2.35. The van der Waals surface area contributed by atoms with Crippen molar-refractivity contribution in [3.05, 3.63) is 29.6 Å². The standard InChI is InChI=1S/C13H16FNO3/c1-2-10-8-18-6-5-15(10)13(17)11-4-3-9(14)7-12(11)16/h3-4,7,10,16H,2,5-6,8H2,1H3. The van der Waals surface area contributed by atoms with Crippen LogP contribution in [0.25, 0.3) is 0 Å². The average molecular weight is 253 g/mol. The first-order chi connectivity index (χ1) is 8.63. The SMILES string of the molecule is CCC1COCCN1C(=O)c1ccc(F)cc1O. The topological polar surface area (TPSA) is 49.8 Å². The highest BCUT2D eigenvalue weighted by atomic mass is 19.1. The fraction of sp³-hybridized carbons (Fsp3) is 0.462. The van der Waals surface area contributed by atoms with E-state index in [9.17, 15) is 14.3 Å². The molecule has 4 nitrogen and oxygen atoms in total. The van der Waals surface area contributed by atoms with Gasteiger partial charge in [0.15, 0.2) is 0 Å². The third kappa shape index (κ3) is 2.46. The molecule has 1 atom stereocenters. The molecule has 18 heavy (non-hydrogen) atoms. The summed E-state index contributed by atoms with van der Waals surface area (Å²) in [6.45, 7) is 3.46. The molecule has 1 amide bonds. The van der Waals surface area contributed by atoms with E-state index >= 15 is 0 Å². The number of carbonyl (C=O) groups excluding carboxylic acids is 1. The smallest absolute Gasteiger partial charge is 0.258 e. The molecule has 0 bridgehead atoms. The van der Waals surface area contributed by atoms with Crippen molar-refractivity contribution in [3.63, 3.8) is 0 Å². The Kier molecular flexibility index (Phi) is 3.81. The molecule has 1 N–H and O–H groups in total. The first-order valence-electron chi connectivity index (χ1n) is 6.00. The molecule has 1 aromatic carbocycles. The Morgan fingerprint density at radius 2 is 2.39 bits per heavy atom. The molecule has 1 heterocycles. The lowest BCUT2D eigenvalue weighted by molar-refractivity contribution is -0.00294. The molecule has 2 rings (SSSR count). The van der Waals surface area contributed by atoms with Gasteiger partial charge in [0, 0.05) is 12.6 Å². The van der Waals surface area contributed by atoms with E-state index in [2.05, 4.69) is 0 Å². The van der Waals surface area contributed by atoms with Crippen LogP contribution in [0.3, 0.4) is 0 Å². The Hall–Kier alpha value is -1.62. The second-order valence-corrected chi connectivity index (χ2v) is 4.30. The molecule has 0 spiro atoms. The van der Waals surface area contributed by atoms with Crippen LogP contribution in [0.4, 0.5) is 4.39 Å². The number of carbonyl (C=O) groups is 1. The first-order valence-corrected chi connectivity index (χ1v) is 6.00. The molecule has 5 heteroatoms. The van der Waals surface area contributed by atoms with Crippen molar-refractivity contribution in [1.29, 1.82) is 0 Å². The van der Waals surface area contributed by atoms with Crippen LogP contribution < -0.4 is 0 Å². The second kappa shape index (κ2) is 5.35. The monoisotopic (exact) mass is 253 g/mol. The third-order valence-electron chi connectivity index (χ3n) is 3.15. The number of benzene rings is 1. The molecule has 1 aliphatic heterocycles. The van der Waals surface area contributed by atoms with E-state index in [4.69, 9.17) is 4.74 Å². The highest BCUT2D eigenvalue weighted by Crippen LogP contribution is 2.22. The van der Waals surface area contributed by atoms with Gasteiger partial charge >= 0.3 is 0 Å². The van der Waals surface area contributed by atoms with Crippen molar-refractivity contribution in [2.45, 2.75) is 19.4 Å². The highest BCUT2D eigenvalue weighted by Gasteiger charge is 2.28. The predicted molar refractivity (Wildman–Crippen MR) is 64.0 cm³/mol. The summed E-state index contributed by atoms with van der Waals surface area (Å²) in [7, 11) is 0. The summed E-state index contributed by atoms with van der Waals surface area (Å²) in [5.74, 6) is -1.15. The quantitative estimate of drug-likeness (QED) is 0.874. The number of phenols is 1. The molecule has 98 valence electrons. The highest BCUT2D eigenvalue weighted by molar-refractivity contribution is 5.97. The number of rotatable bonds is 2.